The molecule has 0 saturated carbocycles. The number of nitriles is 1. The van der Waals surface area contributed by atoms with E-state index in [0.717, 1.165) is 0 Å². The van der Waals surface area contributed by atoms with Crippen molar-refractivity contribution in [3.63, 3.8) is 0 Å². The van der Waals surface area contributed by atoms with Gasteiger partial charge in [0.1, 0.15) is 29.8 Å². The molecule has 1 aliphatic rings. The van der Waals surface area contributed by atoms with Gasteiger partial charge in [0.15, 0.2) is 0 Å². The first-order valence-corrected chi connectivity index (χ1v) is 5.19. The first-order chi connectivity index (χ1) is 8.11. The Bertz CT molecular complexity index is 485. The minimum Gasteiger partial charge on any atom is -0.368 e. The van der Waals surface area contributed by atoms with Crippen molar-refractivity contribution < 1.29 is 9.18 Å². The molecule has 2 N–H and O–H groups in total. The van der Waals surface area contributed by atoms with Crippen LogP contribution in [0.3, 0.4) is 0 Å². The van der Waals surface area contributed by atoms with Crippen molar-refractivity contribution in [2.75, 3.05) is 11.4 Å². The summed E-state index contributed by atoms with van der Waals surface area (Å²) in [4.78, 5) is 16.7. The number of anilines is 1. The lowest BCUT2D eigenvalue weighted by atomic mass is 10.2. The predicted molar refractivity (Wildman–Crippen MR) is 58.8 cm³/mol. The number of rotatable bonds is 2. The van der Waals surface area contributed by atoms with E-state index >= 15 is 0 Å². The summed E-state index contributed by atoms with van der Waals surface area (Å²) in [7, 11) is 0. The first-order valence-electron chi connectivity index (χ1n) is 5.19. The van der Waals surface area contributed by atoms with Gasteiger partial charge in [-0.3, -0.25) is 4.79 Å². The fraction of sp³-hybridized carbons (Fsp3) is 0.364. The van der Waals surface area contributed by atoms with Gasteiger partial charge in [-0.25, -0.2) is 9.37 Å². The SMILES string of the molecule is N#Cc1cccc(N2C[C@H](F)C[C@H]2C(N)=O)n1. The Kier molecular flexibility index (Phi) is 2.91. The lowest BCUT2D eigenvalue weighted by molar-refractivity contribution is -0.119. The van der Waals surface area contributed by atoms with E-state index in [-0.39, 0.29) is 18.7 Å². The summed E-state index contributed by atoms with van der Waals surface area (Å²) in [6, 6.07) is 6.03. The van der Waals surface area contributed by atoms with Crippen molar-refractivity contribution >= 4 is 11.7 Å². The molecule has 1 aromatic heterocycles. The second-order valence-electron chi connectivity index (χ2n) is 3.90. The van der Waals surface area contributed by atoms with Crippen LogP contribution < -0.4 is 10.6 Å². The van der Waals surface area contributed by atoms with E-state index in [0.29, 0.717) is 5.82 Å². The molecule has 6 heteroatoms. The fourth-order valence-corrected chi connectivity index (χ4v) is 1.95. The minimum atomic E-state index is -1.10. The Labute approximate surface area is 97.7 Å². The molecule has 88 valence electrons. The van der Waals surface area contributed by atoms with Crippen LogP contribution >= 0.6 is 0 Å². The number of hydrogen-bond acceptors (Lipinski definition) is 4. The Morgan fingerprint density at radius 1 is 1.65 bits per heavy atom. The third-order valence-electron chi connectivity index (χ3n) is 2.72. The molecule has 0 bridgehead atoms. The molecule has 0 radical (unpaired) electrons. The monoisotopic (exact) mass is 234 g/mol. The molecule has 0 spiro atoms. The van der Waals surface area contributed by atoms with Gasteiger partial charge in [0.25, 0.3) is 0 Å². The van der Waals surface area contributed by atoms with Crippen LogP contribution in [-0.2, 0) is 4.79 Å². The summed E-state index contributed by atoms with van der Waals surface area (Å²) >= 11 is 0. The summed E-state index contributed by atoms with van der Waals surface area (Å²) in [5.41, 5.74) is 5.45. The second kappa shape index (κ2) is 4.37. The number of nitrogens with zero attached hydrogens (tertiary/aromatic N) is 3. The molecule has 1 aliphatic heterocycles. The predicted octanol–water partition coefficient (Wildman–Crippen LogP) is 0.355. The van der Waals surface area contributed by atoms with Gasteiger partial charge in [0, 0.05) is 6.42 Å². The van der Waals surface area contributed by atoms with Gasteiger partial charge in [-0.15, -0.1) is 0 Å². The summed E-state index contributed by atoms with van der Waals surface area (Å²) in [5.74, 6) is -0.165. The molecule has 1 aromatic rings. The van der Waals surface area contributed by atoms with E-state index in [2.05, 4.69) is 4.98 Å². The lowest BCUT2D eigenvalue weighted by Crippen LogP contribution is -2.40. The third-order valence-corrected chi connectivity index (χ3v) is 2.72. The van der Waals surface area contributed by atoms with Gasteiger partial charge in [-0.05, 0) is 12.1 Å². The zero-order valence-electron chi connectivity index (χ0n) is 9.01. The van der Waals surface area contributed by atoms with Crippen molar-refractivity contribution in [1.82, 2.24) is 4.98 Å². The first kappa shape index (κ1) is 11.3. The molecule has 2 heterocycles. The number of amides is 1. The van der Waals surface area contributed by atoms with Crippen LogP contribution in [-0.4, -0.2) is 29.6 Å². The molecule has 1 fully saturated rings. The molecule has 1 amide bonds. The van der Waals surface area contributed by atoms with Crippen LogP contribution in [0.4, 0.5) is 10.2 Å². The molecule has 0 unspecified atom stereocenters. The number of carbonyl (C=O) groups excluding carboxylic acids is 1. The van der Waals surface area contributed by atoms with Crippen LogP contribution in [0, 0.1) is 11.3 Å². The van der Waals surface area contributed by atoms with Gasteiger partial charge < -0.3 is 10.6 Å². The maximum absolute atomic E-state index is 13.3. The van der Waals surface area contributed by atoms with Crippen molar-refractivity contribution in [2.45, 2.75) is 18.6 Å². The van der Waals surface area contributed by atoms with Crippen molar-refractivity contribution in [2.24, 2.45) is 5.73 Å². The van der Waals surface area contributed by atoms with Gasteiger partial charge in [-0.2, -0.15) is 5.26 Å². The molecular weight excluding hydrogens is 223 g/mol. The van der Waals surface area contributed by atoms with Gasteiger partial charge in [0.2, 0.25) is 5.91 Å². The van der Waals surface area contributed by atoms with Crippen molar-refractivity contribution in [3.05, 3.63) is 23.9 Å². The Morgan fingerprint density at radius 3 is 3.06 bits per heavy atom. The maximum Gasteiger partial charge on any atom is 0.240 e. The average molecular weight is 234 g/mol. The number of nitrogens with two attached hydrogens (primary N) is 1. The topological polar surface area (TPSA) is 83.0 Å². The largest absolute Gasteiger partial charge is 0.368 e. The van der Waals surface area contributed by atoms with Gasteiger partial charge in [0.05, 0.1) is 6.54 Å². The van der Waals surface area contributed by atoms with Crippen molar-refractivity contribution in [3.8, 4) is 6.07 Å². The number of primary amides is 1. The number of pyridine rings is 1. The normalized spacial score (nSPS) is 23.4. The summed E-state index contributed by atoms with van der Waals surface area (Å²) in [6.45, 7) is 0.0789. The molecule has 2 atom stereocenters. The number of alkyl halides is 1. The molecule has 5 nitrogen and oxygen atoms in total. The van der Waals surface area contributed by atoms with Gasteiger partial charge in [-0.1, -0.05) is 6.07 Å². The van der Waals surface area contributed by atoms with E-state index in [1.54, 1.807) is 18.2 Å². The zero-order chi connectivity index (χ0) is 12.4. The lowest BCUT2D eigenvalue weighted by Gasteiger charge is -2.22. The summed E-state index contributed by atoms with van der Waals surface area (Å²) in [6.07, 6.45) is -1.02. The fourth-order valence-electron chi connectivity index (χ4n) is 1.95. The third kappa shape index (κ3) is 2.18. The standard InChI is InChI=1S/C11H11FN4O/c12-7-4-9(11(14)17)16(6-7)10-3-1-2-8(5-13)15-10/h1-3,7,9H,4,6H2,(H2,14,17)/t7-,9+/m1/s1. The minimum absolute atomic E-state index is 0.0772. The maximum atomic E-state index is 13.3. The van der Waals surface area contributed by atoms with E-state index < -0.39 is 18.1 Å². The van der Waals surface area contributed by atoms with E-state index in [1.807, 2.05) is 6.07 Å². The average Bonchev–Trinajstić information content (AvgIpc) is 2.72. The highest BCUT2D eigenvalue weighted by Crippen LogP contribution is 2.25. The highest BCUT2D eigenvalue weighted by atomic mass is 19.1. The Balaban J connectivity index is 2.32. The quantitative estimate of drug-likeness (QED) is 0.800. The highest BCUT2D eigenvalue weighted by molar-refractivity contribution is 5.84. The number of aromatic nitrogens is 1. The van der Waals surface area contributed by atoms with Crippen molar-refractivity contribution in [1.29, 1.82) is 5.26 Å². The molecule has 17 heavy (non-hydrogen) atoms. The zero-order valence-corrected chi connectivity index (χ0v) is 9.01. The molecule has 0 aliphatic carbocycles. The van der Waals surface area contributed by atoms with Crippen LogP contribution in [0.25, 0.3) is 0 Å². The molecular formula is C11H11FN4O. The van der Waals surface area contributed by atoms with E-state index in [1.165, 1.54) is 4.90 Å². The molecule has 1 saturated heterocycles. The number of hydrogen-bond donors (Lipinski definition) is 1. The summed E-state index contributed by atoms with van der Waals surface area (Å²) < 4.78 is 13.3. The Hall–Kier alpha value is -2.16. The molecule has 2 rings (SSSR count). The van der Waals surface area contributed by atoms with Crippen LogP contribution in [0.1, 0.15) is 12.1 Å². The Morgan fingerprint density at radius 2 is 2.41 bits per heavy atom. The second-order valence-corrected chi connectivity index (χ2v) is 3.90. The van der Waals surface area contributed by atoms with E-state index in [9.17, 15) is 9.18 Å². The number of carbonyl (C=O) groups is 1. The van der Waals surface area contributed by atoms with Crippen LogP contribution in [0.2, 0.25) is 0 Å². The van der Waals surface area contributed by atoms with Crippen LogP contribution in [0.15, 0.2) is 18.2 Å². The molecule has 0 aromatic carbocycles. The van der Waals surface area contributed by atoms with Crippen LogP contribution in [0.5, 0.6) is 0 Å². The highest BCUT2D eigenvalue weighted by Gasteiger charge is 2.36. The summed E-state index contributed by atoms with van der Waals surface area (Å²) in [5, 5.41) is 8.74. The number of halogens is 1. The van der Waals surface area contributed by atoms with E-state index in [4.69, 9.17) is 11.0 Å². The van der Waals surface area contributed by atoms with Gasteiger partial charge >= 0.3 is 0 Å². The smallest absolute Gasteiger partial charge is 0.240 e.